The smallest absolute Gasteiger partial charge is 0.307 e. The number of hydrogen-bond acceptors (Lipinski definition) is 4. The van der Waals surface area contributed by atoms with Crippen LogP contribution in [-0.4, -0.2) is 26.4 Å². The number of hydrogen-bond donors (Lipinski definition) is 3. The van der Waals surface area contributed by atoms with Crippen LogP contribution < -0.4 is 15.4 Å². The molecule has 7 heteroatoms. The highest BCUT2D eigenvalue weighted by molar-refractivity contribution is 7.90. The first-order valence-electron chi connectivity index (χ1n) is 8.65. The molecule has 1 aromatic rings. The van der Waals surface area contributed by atoms with E-state index in [1.54, 1.807) is 0 Å². The third-order valence-corrected chi connectivity index (χ3v) is 6.47. The first kappa shape index (κ1) is 17.2. The topological polar surface area (TPSA) is 87.3 Å². The van der Waals surface area contributed by atoms with E-state index in [0.717, 1.165) is 44.2 Å². The number of urea groups is 1. The van der Waals surface area contributed by atoms with Gasteiger partial charge >= 0.3 is 6.03 Å². The lowest BCUT2D eigenvalue weighted by Crippen LogP contribution is -2.45. The van der Waals surface area contributed by atoms with Crippen LogP contribution >= 0.6 is 0 Å². The van der Waals surface area contributed by atoms with Crippen LogP contribution in [0.1, 0.15) is 48.9 Å². The van der Waals surface area contributed by atoms with E-state index in [4.69, 9.17) is 0 Å². The normalized spacial score (nSPS) is 17.2. The van der Waals surface area contributed by atoms with Crippen molar-refractivity contribution in [1.29, 1.82) is 0 Å². The Morgan fingerprint density at radius 1 is 1.12 bits per heavy atom. The molecular formula is C17H25N3O3S. The Hall–Kier alpha value is -1.60. The van der Waals surface area contributed by atoms with Gasteiger partial charge in [0.25, 0.3) is 10.0 Å². The number of amides is 2. The third-order valence-electron chi connectivity index (χ3n) is 4.90. The van der Waals surface area contributed by atoms with Crippen molar-refractivity contribution in [3.63, 3.8) is 0 Å². The molecule has 0 radical (unpaired) electrons. The molecule has 2 aliphatic rings. The minimum atomic E-state index is -3.74. The predicted molar refractivity (Wildman–Crippen MR) is 94.7 cm³/mol. The molecule has 0 aromatic heterocycles. The van der Waals surface area contributed by atoms with Gasteiger partial charge < -0.3 is 10.6 Å². The van der Waals surface area contributed by atoms with Gasteiger partial charge in [0.2, 0.25) is 0 Å². The van der Waals surface area contributed by atoms with Crippen LogP contribution in [-0.2, 0) is 35.7 Å². The zero-order valence-electron chi connectivity index (χ0n) is 14.2. The number of carbonyl (C=O) groups excluding carboxylic acids is 1. The number of aryl methyl sites for hydroxylation is 2. The molecule has 24 heavy (non-hydrogen) atoms. The van der Waals surface area contributed by atoms with Crippen molar-refractivity contribution in [2.45, 2.75) is 57.7 Å². The average Bonchev–Trinajstić information content (AvgIpc) is 3.15. The fourth-order valence-electron chi connectivity index (χ4n) is 3.72. The molecule has 3 N–H and O–H groups in total. The Morgan fingerprint density at radius 2 is 1.71 bits per heavy atom. The summed E-state index contributed by atoms with van der Waals surface area (Å²) < 4.78 is 26.4. The quantitative estimate of drug-likeness (QED) is 0.758. The number of anilines is 1. The zero-order chi connectivity index (χ0) is 17.3. The molecule has 1 aromatic carbocycles. The highest BCUT2D eigenvalue weighted by atomic mass is 32.2. The van der Waals surface area contributed by atoms with Crippen molar-refractivity contribution < 1.29 is 13.2 Å². The average molecular weight is 351 g/mol. The van der Waals surface area contributed by atoms with Gasteiger partial charge in [-0.3, -0.25) is 0 Å². The van der Waals surface area contributed by atoms with Gasteiger partial charge in [-0.05, 0) is 74.2 Å². The molecule has 1 atom stereocenters. The van der Waals surface area contributed by atoms with Crippen LogP contribution in [0.3, 0.4) is 0 Å². The maximum Gasteiger partial charge on any atom is 0.332 e. The predicted octanol–water partition coefficient (Wildman–Crippen LogP) is 2.07. The molecule has 0 saturated carbocycles. The molecule has 0 heterocycles. The minimum Gasteiger partial charge on any atom is -0.307 e. The van der Waals surface area contributed by atoms with E-state index < -0.39 is 21.4 Å². The molecule has 1 unspecified atom stereocenters. The van der Waals surface area contributed by atoms with Gasteiger partial charge in [-0.15, -0.1) is 0 Å². The molecular weight excluding hydrogens is 326 g/mol. The van der Waals surface area contributed by atoms with Gasteiger partial charge in [0, 0.05) is 5.69 Å². The van der Waals surface area contributed by atoms with E-state index >= 15 is 0 Å². The van der Waals surface area contributed by atoms with Crippen LogP contribution in [0.2, 0.25) is 0 Å². The summed E-state index contributed by atoms with van der Waals surface area (Å²) in [5, 5.41) is 4.83. The number of nitrogens with one attached hydrogen (secondary N) is 3. The fraction of sp³-hybridized carbons (Fsp3) is 0.588. The molecule has 6 nitrogen and oxygen atoms in total. The summed E-state index contributed by atoms with van der Waals surface area (Å²) in [7, 11) is -3.74. The Kier molecular flexibility index (Phi) is 4.83. The lowest BCUT2D eigenvalue weighted by molar-refractivity contribution is 0.256. The molecule has 2 aliphatic carbocycles. The van der Waals surface area contributed by atoms with Gasteiger partial charge in [-0.2, -0.15) is 0 Å². The summed E-state index contributed by atoms with van der Waals surface area (Å²) >= 11 is 0. The zero-order valence-corrected chi connectivity index (χ0v) is 15.1. The summed E-state index contributed by atoms with van der Waals surface area (Å²) in [6, 6.07) is 1.60. The van der Waals surface area contributed by atoms with E-state index in [0.29, 0.717) is 6.54 Å². The van der Waals surface area contributed by atoms with Crippen molar-refractivity contribution >= 4 is 21.7 Å². The minimum absolute atomic E-state index is 0.517. The Balaban J connectivity index is 1.81. The standard InChI is InChI=1S/C17H25N3O3S/c1-3-18-11(2)24(22,23)20-17(21)19-16-14-8-4-6-12(14)10-13-7-5-9-15(13)16/h10-11,18H,3-9H2,1-2H3,(H2,19,20,21). The largest absolute Gasteiger partial charge is 0.332 e. The van der Waals surface area contributed by atoms with Crippen molar-refractivity contribution in [2.75, 3.05) is 11.9 Å². The van der Waals surface area contributed by atoms with Gasteiger partial charge in [-0.25, -0.2) is 17.9 Å². The summed E-state index contributed by atoms with van der Waals surface area (Å²) in [4.78, 5) is 12.3. The van der Waals surface area contributed by atoms with Gasteiger partial charge in [0.05, 0.1) is 0 Å². The first-order valence-corrected chi connectivity index (χ1v) is 10.2. The third kappa shape index (κ3) is 3.28. The Morgan fingerprint density at radius 3 is 2.25 bits per heavy atom. The summed E-state index contributed by atoms with van der Waals surface area (Å²) in [6.45, 7) is 3.86. The maximum absolute atomic E-state index is 12.3. The highest BCUT2D eigenvalue weighted by Crippen LogP contribution is 2.38. The highest BCUT2D eigenvalue weighted by Gasteiger charge is 2.27. The number of rotatable bonds is 5. The molecule has 0 aliphatic heterocycles. The first-order chi connectivity index (χ1) is 11.4. The van der Waals surface area contributed by atoms with Gasteiger partial charge in [0.15, 0.2) is 0 Å². The number of benzene rings is 1. The lowest BCUT2D eigenvalue weighted by atomic mass is 9.99. The van der Waals surface area contributed by atoms with Crippen LogP contribution in [0, 0.1) is 0 Å². The molecule has 0 bridgehead atoms. The van der Waals surface area contributed by atoms with Crippen molar-refractivity contribution in [1.82, 2.24) is 10.0 Å². The van der Waals surface area contributed by atoms with E-state index in [1.165, 1.54) is 29.2 Å². The number of fused-ring (bicyclic) bond motifs is 2. The fourth-order valence-corrected chi connectivity index (χ4v) is 4.59. The van der Waals surface area contributed by atoms with Gasteiger partial charge in [-0.1, -0.05) is 13.0 Å². The molecule has 0 saturated heterocycles. The lowest BCUT2D eigenvalue weighted by Gasteiger charge is -2.18. The van der Waals surface area contributed by atoms with Crippen LogP contribution in [0.15, 0.2) is 6.07 Å². The van der Waals surface area contributed by atoms with E-state index in [-0.39, 0.29) is 0 Å². The molecule has 132 valence electrons. The summed E-state index contributed by atoms with van der Waals surface area (Å²) in [6.07, 6.45) is 6.13. The molecule has 2 amide bonds. The Bertz CT molecular complexity index is 727. The second-order valence-electron chi connectivity index (χ2n) is 6.54. The van der Waals surface area contributed by atoms with Crippen LogP contribution in [0.25, 0.3) is 0 Å². The molecule has 0 spiro atoms. The second-order valence-corrected chi connectivity index (χ2v) is 8.54. The van der Waals surface area contributed by atoms with E-state index in [9.17, 15) is 13.2 Å². The number of sulfonamides is 1. The van der Waals surface area contributed by atoms with Gasteiger partial charge in [0.1, 0.15) is 5.37 Å². The Labute approximate surface area is 143 Å². The van der Waals surface area contributed by atoms with Crippen LogP contribution in [0.5, 0.6) is 0 Å². The SMILES string of the molecule is CCNC(C)S(=O)(=O)NC(=O)Nc1c2c(cc3c1CCC3)CCC2. The van der Waals surface area contributed by atoms with Crippen molar-refractivity contribution in [3.05, 3.63) is 28.3 Å². The summed E-state index contributed by atoms with van der Waals surface area (Å²) in [5.41, 5.74) is 5.82. The van der Waals surface area contributed by atoms with Crippen molar-refractivity contribution in [3.8, 4) is 0 Å². The molecule has 0 fully saturated rings. The second kappa shape index (κ2) is 6.72. The van der Waals surface area contributed by atoms with E-state index in [2.05, 4.69) is 21.4 Å². The summed E-state index contributed by atoms with van der Waals surface area (Å²) in [5.74, 6) is 0. The van der Waals surface area contributed by atoms with Crippen LogP contribution in [0.4, 0.5) is 10.5 Å². The monoisotopic (exact) mass is 351 g/mol. The van der Waals surface area contributed by atoms with E-state index in [1.807, 2.05) is 6.92 Å². The maximum atomic E-state index is 12.3. The number of carbonyl (C=O) groups is 1. The van der Waals surface area contributed by atoms with Crippen molar-refractivity contribution in [2.24, 2.45) is 0 Å². The molecule has 3 rings (SSSR count).